The van der Waals surface area contributed by atoms with Gasteiger partial charge in [0.2, 0.25) is 0 Å². The van der Waals surface area contributed by atoms with Crippen LogP contribution in [0.1, 0.15) is 6.92 Å². The number of hydrogen-bond acceptors (Lipinski definition) is 3. The standard InChI is InChI=1S/C9H14N2O/c1-3-4-8(2)6-11-7-9(12)5-10/h3-4,9,11-12H,2,6-7H2,1H3/b4-3-. The summed E-state index contributed by atoms with van der Waals surface area (Å²) in [6.45, 7) is 6.55. The van der Waals surface area contributed by atoms with Gasteiger partial charge in [0.25, 0.3) is 0 Å². The van der Waals surface area contributed by atoms with Crippen molar-refractivity contribution in [2.24, 2.45) is 0 Å². The van der Waals surface area contributed by atoms with Crippen LogP contribution >= 0.6 is 0 Å². The molecule has 0 saturated heterocycles. The fourth-order valence-corrected chi connectivity index (χ4v) is 0.710. The summed E-state index contributed by atoms with van der Waals surface area (Å²) in [6, 6.07) is 1.72. The molecule has 0 aromatic heterocycles. The lowest BCUT2D eigenvalue weighted by molar-refractivity contribution is 0.227. The third kappa shape index (κ3) is 5.66. The summed E-state index contributed by atoms with van der Waals surface area (Å²) in [7, 11) is 0. The predicted molar refractivity (Wildman–Crippen MR) is 48.4 cm³/mol. The molecule has 0 spiro atoms. The molecule has 1 atom stereocenters. The van der Waals surface area contributed by atoms with E-state index in [0.717, 1.165) is 5.57 Å². The lowest BCUT2D eigenvalue weighted by Crippen LogP contribution is -2.26. The molecule has 0 bridgehead atoms. The molecule has 12 heavy (non-hydrogen) atoms. The Balaban J connectivity index is 3.45. The summed E-state index contributed by atoms with van der Waals surface area (Å²) in [5.41, 5.74) is 0.933. The largest absolute Gasteiger partial charge is 0.377 e. The van der Waals surface area contributed by atoms with Crippen LogP contribution in [-0.4, -0.2) is 24.3 Å². The van der Waals surface area contributed by atoms with Crippen LogP contribution < -0.4 is 5.32 Å². The average molecular weight is 166 g/mol. The van der Waals surface area contributed by atoms with Crippen LogP contribution in [0.15, 0.2) is 24.3 Å². The maximum atomic E-state index is 8.83. The Hall–Kier alpha value is -1.11. The number of nitrogens with one attached hydrogen (secondary N) is 1. The lowest BCUT2D eigenvalue weighted by Gasteiger charge is -2.04. The molecule has 0 aromatic rings. The van der Waals surface area contributed by atoms with E-state index in [1.165, 1.54) is 0 Å². The van der Waals surface area contributed by atoms with E-state index in [4.69, 9.17) is 10.4 Å². The zero-order valence-corrected chi connectivity index (χ0v) is 7.25. The minimum Gasteiger partial charge on any atom is -0.377 e. The molecule has 0 saturated carbocycles. The minimum absolute atomic E-state index is 0.285. The highest BCUT2D eigenvalue weighted by Crippen LogP contribution is 1.89. The Morgan fingerprint density at radius 2 is 2.50 bits per heavy atom. The van der Waals surface area contributed by atoms with Gasteiger partial charge < -0.3 is 10.4 Å². The van der Waals surface area contributed by atoms with Crippen molar-refractivity contribution in [1.82, 2.24) is 5.32 Å². The predicted octanol–water partition coefficient (Wildman–Crippen LogP) is 0.593. The first-order chi connectivity index (χ1) is 5.70. The van der Waals surface area contributed by atoms with Crippen molar-refractivity contribution < 1.29 is 5.11 Å². The van der Waals surface area contributed by atoms with E-state index < -0.39 is 6.10 Å². The molecule has 0 aliphatic carbocycles. The zero-order valence-electron chi connectivity index (χ0n) is 7.25. The number of aliphatic hydroxyl groups is 1. The van der Waals surface area contributed by atoms with Gasteiger partial charge in [-0.2, -0.15) is 5.26 Å². The Morgan fingerprint density at radius 1 is 1.83 bits per heavy atom. The number of aliphatic hydroxyl groups excluding tert-OH is 1. The molecule has 0 radical (unpaired) electrons. The molecule has 0 aromatic carbocycles. The van der Waals surface area contributed by atoms with Gasteiger partial charge in [0, 0.05) is 13.1 Å². The number of nitriles is 1. The van der Waals surface area contributed by atoms with Gasteiger partial charge in [0.1, 0.15) is 0 Å². The fourth-order valence-electron chi connectivity index (χ4n) is 0.710. The first-order valence-electron chi connectivity index (χ1n) is 3.79. The summed E-state index contributed by atoms with van der Waals surface area (Å²) < 4.78 is 0. The summed E-state index contributed by atoms with van der Waals surface area (Å²) in [5.74, 6) is 0. The monoisotopic (exact) mass is 166 g/mol. The van der Waals surface area contributed by atoms with Gasteiger partial charge >= 0.3 is 0 Å². The molecule has 1 unspecified atom stereocenters. The molecule has 0 heterocycles. The Labute approximate surface area is 73.0 Å². The van der Waals surface area contributed by atoms with E-state index in [0.29, 0.717) is 6.54 Å². The average Bonchev–Trinajstić information content (AvgIpc) is 2.04. The van der Waals surface area contributed by atoms with Crippen LogP contribution in [-0.2, 0) is 0 Å². The Bertz CT molecular complexity index is 203. The molecule has 0 rings (SSSR count). The molecule has 3 nitrogen and oxygen atoms in total. The molecule has 3 heteroatoms. The minimum atomic E-state index is -0.927. The van der Waals surface area contributed by atoms with E-state index in [9.17, 15) is 0 Å². The Morgan fingerprint density at radius 3 is 3.00 bits per heavy atom. The van der Waals surface area contributed by atoms with Crippen LogP contribution in [0.3, 0.4) is 0 Å². The second kappa shape index (κ2) is 6.59. The summed E-state index contributed by atoms with van der Waals surface area (Å²) >= 11 is 0. The van der Waals surface area contributed by atoms with Gasteiger partial charge in [-0.15, -0.1) is 0 Å². The van der Waals surface area contributed by atoms with Crippen molar-refractivity contribution in [3.63, 3.8) is 0 Å². The molecule has 66 valence electrons. The molecule has 0 aliphatic rings. The van der Waals surface area contributed by atoms with Gasteiger partial charge in [0.05, 0.1) is 6.07 Å². The number of nitrogens with zero attached hydrogens (tertiary/aromatic N) is 1. The molecular weight excluding hydrogens is 152 g/mol. The first-order valence-corrected chi connectivity index (χ1v) is 3.79. The molecule has 0 fully saturated rings. The van der Waals surface area contributed by atoms with Crippen LogP contribution in [0.25, 0.3) is 0 Å². The molecule has 0 aliphatic heterocycles. The highest BCUT2D eigenvalue weighted by molar-refractivity contribution is 5.15. The van der Waals surface area contributed by atoms with Crippen LogP contribution in [0.4, 0.5) is 0 Å². The first kappa shape index (κ1) is 10.9. The summed E-state index contributed by atoms with van der Waals surface area (Å²) in [6.07, 6.45) is 2.85. The zero-order chi connectivity index (χ0) is 9.40. The van der Waals surface area contributed by atoms with E-state index in [-0.39, 0.29) is 6.54 Å². The summed E-state index contributed by atoms with van der Waals surface area (Å²) in [4.78, 5) is 0. The number of hydrogen-bond donors (Lipinski definition) is 2. The van der Waals surface area contributed by atoms with Crippen LogP contribution in [0, 0.1) is 11.3 Å². The molecule has 0 amide bonds. The van der Waals surface area contributed by atoms with Crippen LogP contribution in [0.2, 0.25) is 0 Å². The topological polar surface area (TPSA) is 56.0 Å². The van der Waals surface area contributed by atoms with Crippen molar-refractivity contribution in [2.45, 2.75) is 13.0 Å². The fraction of sp³-hybridized carbons (Fsp3) is 0.444. The van der Waals surface area contributed by atoms with Crippen molar-refractivity contribution >= 4 is 0 Å². The van der Waals surface area contributed by atoms with Crippen molar-refractivity contribution in [1.29, 1.82) is 5.26 Å². The molecule has 2 N–H and O–H groups in total. The quantitative estimate of drug-likeness (QED) is 0.464. The highest BCUT2D eigenvalue weighted by atomic mass is 16.3. The van der Waals surface area contributed by atoms with E-state index in [1.807, 2.05) is 19.1 Å². The second-order valence-electron chi connectivity index (χ2n) is 2.43. The third-order valence-electron chi connectivity index (χ3n) is 1.24. The maximum Gasteiger partial charge on any atom is 0.152 e. The van der Waals surface area contributed by atoms with Crippen molar-refractivity contribution in [3.8, 4) is 6.07 Å². The maximum absolute atomic E-state index is 8.83. The number of rotatable bonds is 5. The van der Waals surface area contributed by atoms with Gasteiger partial charge in [-0.1, -0.05) is 18.7 Å². The lowest BCUT2D eigenvalue weighted by atomic mass is 10.2. The molecular formula is C9H14N2O. The van der Waals surface area contributed by atoms with E-state index in [1.54, 1.807) is 6.07 Å². The van der Waals surface area contributed by atoms with Gasteiger partial charge in [0.15, 0.2) is 6.10 Å². The van der Waals surface area contributed by atoms with E-state index in [2.05, 4.69) is 11.9 Å². The van der Waals surface area contributed by atoms with Crippen molar-refractivity contribution in [3.05, 3.63) is 24.3 Å². The van der Waals surface area contributed by atoms with Gasteiger partial charge in [-0.25, -0.2) is 0 Å². The SMILES string of the molecule is C=C(/C=C\C)CNCC(O)C#N. The van der Waals surface area contributed by atoms with Crippen LogP contribution in [0.5, 0.6) is 0 Å². The summed E-state index contributed by atoms with van der Waals surface area (Å²) in [5, 5.41) is 20.0. The van der Waals surface area contributed by atoms with E-state index >= 15 is 0 Å². The van der Waals surface area contributed by atoms with Crippen molar-refractivity contribution in [2.75, 3.05) is 13.1 Å². The Kier molecular flexibility index (Phi) is 5.98. The normalized spacial score (nSPS) is 12.8. The van der Waals surface area contributed by atoms with Gasteiger partial charge in [-0.05, 0) is 12.5 Å². The number of allylic oxidation sites excluding steroid dienone is 1. The third-order valence-corrected chi connectivity index (χ3v) is 1.24. The second-order valence-corrected chi connectivity index (χ2v) is 2.43. The highest BCUT2D eigenvalue weighted by Gasteiger charge is 1.98. The smallest absolute Gasteiger partial charge is 0.152 e. The van der Waals surface area contributed by atoms with Gasteiger partial charge in [-0.3, -0.25) is 0 Å².